The van der Waals surface area contributed by atoms with E-state index >= 15 is 0 Å². The van der Waals surface area contributed by atoms with Gasteiger partial charge in [-0.05, 0) is 30.2 Å². The molecule has 0 heterocycles. The third-order valence-electron chi connectivity index (χ3n) is 3.88. The minimum absolute atomic E-state index is 0.0890. The standard InChI is InChI=1S/C20H30FNO/c1-2-3-4-5-6-7-8-9-10-17-22-20(23)16-13-18-11-14-19(21)15-12-18/h11-16H,2-10,17H2,1H3,(H,22,23)/b16-13+. The van der Waals surface area contributed by atoms with Crippen molar-refractivity contribution in [3.63, 3.8) is 0 Å². The van der Waals surface area contributed by atoms with Crippen LogP contribution in [0.25, 0.3) is 6.08 Å². The van der Waals surface area contributed by atoms with Crippen LogP contribution in [0, 0.1) is 5.82 Å². The first-order valence-corrected chi connectivity index (χ1v) is 8.94. The average molecular weight is 319 g/mol. The molecule has 0 radical (unpaired) electrons. The van der Waals surface area contributed by atoms with Gasteiger partial charge in [-0.3, -0.25) is 4.79 Å². The number of unbranched alkanes of at least 4 members (excludes halogenated alkanes) is 8. The topological polar surface area (TPSA) is 29.1 Å². The molecule has 0 saturated heterocycles. The molecule has 0 atom stereocenters. The van der Waals surface area contributed by atoms with Crippen LogP contribution in [-0.2, 0) is 4.79 Å². The maximum absolute atomic E-state index is 12.8. The molecule has 0 aliphatic carbocycles. The van der Waals surface area contributed by atoms with Crippen LogP contribution in [0.2, 0.25) is 0 Å². The van der Waals surface area contributed by atoms with E-state index in [-0.39, 0.29) is 11.7 Å². The van der Waals surface area contributed by atoms with E-state index in [1.165, 1.54) is 69.6 Å². The fourth-order valence-electron chi connectivity index (χ4n) is 2.45. The second-order valence-electron chi connectivity index (χ2n) is 6.00. The van der Waals surface area contributed by atoms with Crippen molar-refractivity contribution in [1.29, 1.82) is 0 Å². The lowest BCUT2D eigenvalue weighted by atomic mass is 10.1. The summed E-state index contributed by atoms with van der Waals surface area (Å²) < 4.78 is 12.8. The quantitative estimate of drug-likeness (QED) is 0.401. The summed E-state index contributed by atoms with van der Waals surface area (Å²) in [5.41, 5.74) is 0.824. The normalized spacial score (nSPS) is 11.0. The van der Waals surface area contributed by atoms with Crippen LogP contribution in [-0.4, -0.2) is 12.5 Å². The molecule has 0 saturated carbocycles. The van der Waals surface area contributed by atoms with Crippen LogP contribution in [0.1, 0.15) is 70.3 Å². The number of benzene rings is 1. The highest BCUT2D eigenvalue weighted by molar-refractivity contribution is 5.91. The fourth-order valence-corrected chi connectivity index (χ4v) is 2.45. The van der Waals surface area contributed by atoms with E-state index in [9.17, 15) is 9.18 Å². The van der Waals surface area contributed by atoms with Gasteiger partial charge in [-0.2, -0.15) is 0 Å². The van der Waals surface area contributed by atoms with E-state index in [2.05, 4.69) is 12.2 Å². The van der Waals surface area contributed by atoms with Crippen LogP contribution >= 0.6 is 0 Å². The van der Waals surface area contributed by atoms with Gasteiger partial charge >= 0.3 is 0 Å². The highest BCUT2D eigenvalue weighted by Crippen LogP contribution is 2.09. The number of amides is 1. The second kappa shape index (κ2) is 12.9. The summed E-state index contributed by atoms with van der Waals surface area (Å²) in [6.45, 7) is 2.96. The Hall–Kier alpha value is -1.64. The maximum atomic E-state index is 12.8. The molecule has 23 heavy (non-hydrogen) atoms. The van der Waals surface area contributed by atoms with Gasteiger partial charge in [-0.1, -0.05) is 70.4 Å². The lowest BCUT2D eigenvalue weighted by Gasteiger charge is -2.03. The summed E-state index contributed by atoms with van der Waals surface area (Å²) >= 11 is 0. The number of nitrogens with one attached hydrogen (secondary N) is 1. The molecular formula is C20H30FNO. The molecule has 128 valence electrons. The molecule has 0 bridgehead atoms. The summed E-state index contributed by atoms with van der Waals surface area (Å²) in [7, 11) is 0. The Kier molecular flexibility index (Phi) is 10.9. The van der Waals surface area contributed by atoms with Crippen molar-refractivity contribution in [2.75, 3.05) is 6.54 Å². The van der Waals surface area contributed by atoms with Crippen molar-refractivity contribution < 1.29 is 9.18 Å². The zero-order valence-corrected chi connectivity index (χ0v) is 14.3. The van der Waals surface area contributed by atoms with E-state index in [0.29, 0.717) is 0 Å². The summed E-state index contributed by atoms with van der Waals surface area (Å²) in [6.07, 6.45) is 14.7. The van der Waals surface area contributed by atoms with E-state index in [1.54, 1.807) is 18.2 Å². The molecule has 0 fully saturated rings. The minimum Gasteiger partial charge on any atom is -0.353 e. The number of carbonyl (C=O) groups excluding carboxylic acids is 1. The van der Waals surface area contributed by atoms with Crippen molar-refractivity contribution in [3.05, 3.63) is 41.7 Å². The van der Waals surface area contributed by atoms with Gasteiger partial charge < -0.3 is 5.32 Å². The number of halogens is 1. The maximum Gasteiger partial charge on any atom is 0.243 e. The summed E-state index contributed by atoms with van der Waals surface area (Å²) in [6, 6.07) is 6.08. The van der Waals surface area contributed by atoms with Crippen LogP contribution in [0.15, 0.2) is 30.3 Å². The molecule has 0 aromatic heterocycles. The van der Waals surface area contributed by atoms with Gasteiger partial charge in [0.05, 0.1) is 0 Å². The van der Waals surface area contributed by atoms with Crippen LogP contribution in [0.4, 0.5) is 4.39 Å². The van der Waals surface area contributed by atoms with E-state index < -0.39 is 0 Å². The molecule has 2 nitrogen and oxygen atoms in total. The predicted octanol–water partition coefficient (Wildman–Crippen LogP) is 5.49. The second-order valence-corrected chi connectivity index (χ2v) is 6.00. The lowest BCUT2D eigenvalue weighted by molar-refractivity contribution is -0.116. The highest BCUT2D eigenvalue weighted by atomic mass is 19.1. The van der Waals surface area contributed by atoms with Crippen LogP contribution < -0.4 is 5.32 Å². The van der Waals surface area contributed by atoms with Gasteiger partial charge in [-0.25, -0.2) is 4.39 Å². The monoisotopic (exact) mass is 319 g/mol. The Labute approximate surface area is 140 Å². The Morgan fingerprint density at radius 1 is 0.957 bits per heavy atom. The van der Waals surface area contributed by atoms with Crippen molar-refractivity contribution in [1.82, 2.24) is 5.32 Å². The van der Waals surface area contributed by atoms with Gasteiger partial charge in [0.2, 0.25) is 5.91 Å². The van der Waals surface area contributed by atoms with Gasteiger partial charge in [0.1, 0.15) is 5.82 Å². The number of hydrogen-bond donors (Lipinski definition) is 1. The molecule has 3 heteroatoms. The molecular weight excluding hydrogens is 289 g/mol. The van der Waals surface area contributed by atoms with E-state index in [1.807, 2.05) is 0 Å². The SMILES string of the molecule is CCCCCCCCCCCNC(=O)/C=C/c1ccc(F)cc1. The van der Waals surface area contributed by atoms with Crippen molar-refractivity contribution >= 4 is 12.0 Å². The first-order chi connectivity index (χ1) is 11.2. The summed E-state index contributed by atoms with van der Waals surface area (Å²) in [4.78, 5) is 11.6. The third kappa shape index (κ3) is 10.7. The Balaban J connectivity index is 1.98. The third-order valence-corrected chi connectivity index (χ3v) is 3.88. The fraction of sp³-hybridized carbons (Fsp3) is 0.550. The molecule has 0 aliphatic rings. The van der Waals surface area contributed by atoms with Crippen molar-refractivity contribution in [2.24, 2.45) is 0 Å². The first kappa shape index (κ1) is 19.4. The first-order valence-electron chi connectivity index (χ1n) is 8.94. The molecule has 0 aliphatic heterocycles. The van der Waals surface area contributed by atoms with Crippen LogP contribution in [0.3, 0.4) is 0 Å². The molecule has 0 unspecified atom stereocenters. The Bertz CT molecular complexity index is 453. The smallest absolute Gasteiger partial charge is 0.243 e. The van der Waals surface area contributed by atoms with Crippen molar-refractivity contribution in [3.8, 4) is 0 Å². The van der Waals surface area contributed by atoms with E-state index in [0.717, 1.165) is 18.5 Å². The van der Waals surface area contributed by atoms with Gasteiger partial charge in [0, 0.05) is 12.6 Å². The minimum atomic E-state index is -0.267. The number of hydrogen-bond acceptors (Lipinski definition) is 1. The van der Waals surface area contributed by atoms with Crippen molar-refractivity contribution in [2.45, 2.75) is 64.7 Å². The van der Waals surface area contributed by atoms with Crippen LogP contribution in [0.5, 0.6) is 0 Å². The Morgan fingerprint density at radius 3 is 2.13 bits per heavy atom. The van der Waals surface area contributed by atoms with Gasteiger partial charge in [0.25, 0.3) is 0 Å². The number of carbonyl (C=O) groups is 1. The number of rotatable bonds is 12. The molecule has 1 aromatic carbocycles. The highest BCUT2D eigenvalue weighted by Gasteiger charge is 1.96. The van der Waals surface area contributed by atoms with E-state index in [4.69, 9.17) is 0 Å². The molecule has 1 aromatic rings. The molecule has 1 rings (SSSR count). The van der Waals surface area contributed by atoms with Gasteiger partial charge in [0.15, 0.2) is 0 Å². The molecule has 1 amide bonds. The summed E-state index contributed by atoms with van der Waals surface area (Å²) in [5.74, 6) is -0.356. The molecule has 1 N–H and O–H groups in total. The summed E-state index contributed by atoms with van der Waals surface area (Å²) in [5, 5.41) is 2.88. The zero-order valence-electron chi connectivity index (χ0n) is 14.3. The lowest BCUT2D eigenvalue weighted by Crippen LogP contribution is -2.21. The average Bonchev–Trinajstić information content (AvgIpc) is 2.56. The molecule has 0 spiro atoms. The predicted molar refractivity (Wildman–Crippen MR) is 95.7 cm³/mol. The zero-order chi connectivity index (χ0) is 16.8. The Morgan fingerprint density at radius 2 is 1.52 bits per heavy atom. The van der Waals surface area contributed by atoms with Gasteiger partial charge in [-0.15, -0.1) is 0 Å². The largest absolute Gasteiger partial charge is 0.353 e.